The second kappa shape index (κ2) is 16.8. The molecule has 0 fully saturated rings. The summed E-state index contributed by atoms with van der Waals surface area (Å²) in [7, 11) is 1.82. The van der Waals surface area contributed by atoms with Crippen LogP contribution in [0.1, 0.15) is 16.8 Å². The van der Waals surface area contributed by atoms with Crippen molar-refractivity contribution in [3.63, 3.8) is 0 Å². The molecule has 12 nitrogen and oxygen atoms in total. The molecule has 0 aliphatic carbocycles. The highest BCUT2D eigenvalue weighted by Gasteiger charge is 2.23. The Labute approximate surface area is 224 Å². The topological polar surface area (TPSA) is 147 Å². The van der Waals surface area contributed by atoms with E-state index in [0.29, 0.717) is 58.3 Å². The number of hydrogen-bond donors (Lipinski definition) is 4. The predicted octanol–water partition coefficient (Wildman–Crippen LogP) is 0.701. The molecule has 4 N–H and O–H groups in total. The summed E-state index contributed by atoms with van der Waals surface area (Å²) >= 11 is 2.02. The first-order valence-corrected chi connectivity index (χ1v) is 12.5. The highest BCUT2D eigenvalue weighted by molar-refractivity contribution is 14.1. The van der Waals surface area contributed by atoms with Crippen molar-refractivity contribution >= 4 is 57.9 Å². The van der Waals surface area contributed by atoms with Crippen LogP contribution in [0.25, 0.3) is 0 Å². The fourth-order valence-corrected chi connectivity index (χ4v) is 3.52. The molecular formula is C23H32IN5O7. The van der Waals surface area contributed by atoms with Gasteiger partial charge in [-0.3, -0.25) is 24.1 Å². The van der Waals surface area contributed by atoms with Crippen molar-refractivity contribution in [2.75, 3.05) is 75.2 Å². The van der Waals surface area contributed by atoms with Gasteiger partial charge in [0.05, 0.1) is 73.9 Å². The fraction of sp³-hybridized carbons (Fsp3) is 0.478. The van der Waals surface area contributed by atoms with Gasteiger partial charge in [-0.1, -0.05) is 0 Å². The number of imide groups is 1. The van der Waals surface area contributed by atoms with Crippen LogP contribution in [-0.4, -0.2) is 94.9 Å². The van der Waals surface area contributed by atoms with Crippen molar-refractivity contribution in [3.05, 3.63) is 35.9 Å². The minimum absolute atomic E-state index is 0.0483. The maximum Gasteiger partial charge on any atom is 0.253 e. The number of hydrogen-bond acceptors (Lipinski definition) is 9. The molecule has 0 unspecified atom stereocenters. The molecule has 0 atom stereocenters. The molecule has 13 heteroatoms. The van der Waals surface area contributed by atoms with E-state index < -0.39 is 11.8 Å². The molecule has 0 radical (unpaired) electrons. The van der Waals surface area contributed by atoms with E-state index in [2.05, 4.69) is 19.5 Å². The van der Waals surface area contributed by atoms with E-state index in [0.717, 1.165) is 16.3 Å². The van der Waals surface area contributed by atoms with E-state index in [-0.39, 0.29) is 24.8 Å². The molecule has 0 aromatic heterocycles. The third-order valence-electron chi connectivity index (χ3n) is 4.96. The van der Waals surface area contributed by atoms with Gasteiger partial charge in [-0.2, -0.15) is 0 Å². The van der Waals surface area contributed by atoms with Crippen molar-refractivity contribution in [1.29, 1.82) is 0 Å². The molecule has 0 saturated heterocycles. The van der Waals surface area contributed by atoms with E-state index in [1.807, 2.05) is 36.0 Å². The largest absolute Gasteiger partial charge is 0.386 e. The Balaban J connectivity index is 1.38. The van der Waals surface area contributed by atoms with Gasteiger partial charge in [-0.15, -0.1) is 0 Å². The summed E-state index contributed by atoms with van der Waals surface area (Å²) in [5, 5.41) is 8.53. The molecule has 1 heterocycles. The van der Waals surface area contributed by atoms with Gasteiger partial charge in [0.2, 0.25) is 5.91 Å². The quantitative estimate of drug-likeness (QED) is 0.0810. The van der Waals surface area contributed by atoms with Crippen molar-refractivity contribution in [2.45, 2.75) is 6.42 Å². The lowest BCUT2D eigenvalue weighted by Gasteiger charge is -2.13. The molecule has 1 aromatic carbocycles. The zero-order chi connectivity index (χ0) is 26.2. The van der Waals surface area contributed by atoms with Crippen LogP contribution in [0.2, 0.25) is 0 Å². The Kier molecular flexibility index (Phi) is 13.8. The first-order valence-electron chi connectivity index (χ1n) is 11.5. The second-order valence-electron chi connectivity index (χ2n) is 7.46. The molecule has 0 saturated carbocycles. The summed E-state index contributed by atoms with van der Waals surface area (Å²) in [4.78, 5) is 47.8. The number of amides is 4. The van der Waals surface area contributed by atoms with Gasteiger partial charge in [-0.25, -0.2) is 0 Å². The van der Waals surface area contributed by atoms with Crippen LogP contribution in [-0.2, 0) is 28.6 Å². The lowest BCUT2D eigenvalue weighted by Crippen LogP contribution is -2.35. The highest BCUT2D eigenvalue weighted by atomic mass is 127. The van der Waals surface area contributed by atoms with Gasteiger partial charge in [0, 0.05) is 50.8 Å². The number of halogens is 1. The first-order chi connectivity index (χ1) is 17.5. The van der Waals surface area contributed by atoms with Gasteiger partial charge in [0.25, 0.3) is 17.7 Å². The van der Waals surface area contributed by atoms with E-state index in [4.69, 9.17) is 14.2 Å². The van der Waals surface area contributed by atoms with Crippen LogP contribution in [0.15, 0.2) is 30.4 Å². The SMILES string of the molecule is CNc1ccc(C(=O)NCCOCCOCCOCCNC(=O)CCN2C(=O)C=CC2=O)cc1NI. The van der Waals surface area contributed by atoms with Crippen molar-refractivity contribution in [1.82, 2.24) is 15.5 Å². The van der Waals surface area contributed by atoms with Crippen LogP contribution in [0.5, 0.6) is 0 Å². The number of carbonyl (C=O) groups is 4. The zero-order valence-corrected chi connectivity index (χ0v) is 22.3. The molecule has 36 heavy (non-hydrogen) atoms. The Morgan fingerprint density at radius 3 is 2.03 bits per heavy atom. The Bertz CT molecular complexity index is 910. The van der Waals surface area contributed by atoms with E-state index in [9.17, 15) is 19.2 Å². The number of nitrogens with one attached hydrogen (secondary N) is 4. The Hall–Kier alpha value is -2.75. The molecule has 0 spiro atoms. The smallest absolute Gasteiger partial charge is 0.253 e. The van der Waals surface area contributed by atoms with Gasteiger partial charge in [0.1, 0.15) is 0 Å². The van der Waals surface area contributed by atoms with Crippen LogP contribution >= 0.6 is 22.9 Å². The molecule has 2 rings (SSSR count). The van der Waals surface area contributed by atoms with Gasteiger partial charge in [0.15, 0.2) is 0 Å². The number of benzene rings is 1. The van der Waals surface area contributed by atoms with E-state index in [1.54, 1.807) is 12.1 Å². The van der Waals surface area contributed by atoms with Gasteiger partial charge < -0.3 is 33.7 Å². The third-order valence-corrected chi connectivity index (χ3v) is 5.54. The van der Waals surface area contributed by atoms with Crippen LogP contribution in [0, 0.1) is 0 Å². The molecule has 0 bridgehead atoms. The molecular weight excluding hydrogens is 585 g/mol. The predicted molar refractivity (Wildman–Crippen MR) is 142 cm³/mol. The normalized spacial score (nSPS) is 12.7. The lowest BCUT2D eigenvalue weighted by molar-refractivity contribution is -0.137. The Morgan fingerprint density at radius 2 is 1.44 bits per heavy atom. The fourth-order valence-electron chi connectivity index (χ4n) is 3.08. The number of rotatable bonds is 18. The maximum absolute atomic E-state index is 12.2. The molecule has 1 aromatic rings. The average Bonchev–Trinajstić information content (AvgIpc) is 3.21. The van der Waals surface area contributed by atoms with Crippen molar-refractivity contribution in [3.8, 4) is 0 Å². The van der Waals surface area contributed by atoms with Crippen LogP contribution < -0.4 is 19.5 Å². The molecule has 198 valence electrons. The van der Waals surface area contributed by atoms with Gasteiger partial charge >= 0.3 is 0 Å². The van der Waals surface area contributed by atoms with E-state index >= 15 is 0 Å². The highest BCUT2D eigenvalue weighted by Crippen LogP contribution is 2.24. The number of ether oxygens (including phenoxy) is 3. The first kappa shape index (κ1) is 29.5. The molecule has 4 amide bonds. The van der Waals surface area contributed by atoms with E-state index in [1.165, 1.54) is 12.2 Å². The standard InChI is InChI=1S/C23H32IN5O7/c1-25-18-3-2-17(16-19(18)28-24)23(33)27-8-11-35-13-15-36-14-12-34-10-7-26-20(30)6-9-29-21(31)4-5-22(29)32/h2-5,16,25,28H,6-15H2,1H3,(H,26,30)(H,27,33). The lowest BCUT2D eigenvalue weighted by atomic mass is 10.1. The number of anilines is 2. The van der Waals surface area contributed by atoms with Crippen LogP contribution in [0.3, 0.4) is 0 Å². The summed E-state index contributed by atoms with van der Waals surface area (Å²) in [6.07, 6.45) is 2.43. The summed E-state index contributed by atoms with van der Waals surface area (Å²) in [6.45, 7) is 3.00. The summed E-state index contributed by atoms with van der Waals surface area (Å²) in [6, 6.07) is 5.37. The maximum atomic E-state index is 12.2. The average molecular weight is 617 g/mol. The third kappa shape index (κ3) is 10.5. The zero-order valence-electron chi connectivity index (χ0n) is 20.1. The van der Waals surface area contributed by atoms with Gasteiger partial charge in [-0.05, 0) is 18.2 Å². The number of nitrogens with zero attached hydrogens (tertiary/aromatic N) is 1. The summed E-state index contributed by atoms with van der Waals surface area (Å²) in [5.74, 6) is -1.23. The monoisotopic (exact) mass is 617 g/mol. The minimum Gasteiger partial charge on any atom is -0.386 e. The number of carbonyl (C=O) groups excluding carboxylic acids is 4. The summed E-state index contributed by atoms with van der Waals surface area (Å²) in [5.41, 5.74) is 2.29. The van der Waals surface area contributed by atoms with Crippen molar-refractivity contribution in [2.24, 2.45) is 0 Å². The Morgan fingerprint density at radius 1 is 0.861 bits per heavy atom. The summed E-state index contributed by atoms with van der Waals surface area (Å²) < 4.78 is 19.2. The molecule has 1 aliphatic heterocycles. The van der Waals surface area contributed by atoms with Crippen LogP contribution in [0.4, 0.5) is 11.4 Å². The molecule has 1 aliphatic rings. The second-order valence-corrected chi connectivity index (χ2v) is 8.00. The minimum atomic E-state index is -0.400. The van der Waals surface area contributed by atoms with Crippen molar-refractivity contribution < 1.29 is 33.4 Å².